The van der Waals surface area contributed by atoms with Gasteiger partial charge < -0.3 is 9.84 Å². The van der Waals surface area contributed by atoms with E-state index in [2.05, 4.69) is 10.5 Å². The van der Waals surface area contributed by atoms with Gasteiger partial charge >= 0.3 is 0 Å². The highest BCUT2D eigenvalue weighted by atomic mass is 16.6. The van der Waals surface area contributed by atoms with Crippen molar-refractivity contribution in [2.24, 2.45) is 0 Å². The van der Waals surface area contributed by atoms with Crippen LogP contribution in [0.2, 0.25) is 0 Å². The van der Waals surface area contributed by atoms with E-state index in [1.807, 2.05) is 30.3 Å². The highest BCUT2D eigenvalue weighted by molar-refractivity contribution is 6.08. The average Bonchev–Trinajstić information content (AvgIpc) is 2.99. The number of carbonyl (C=O) groups is 1. The molecule has 0 saturated carbocycles. The number of aromatic nitrogens is 1. The number of rotatable bonds is 4. The third-order valence-electron chi connectivity index (χ3n) is 3.80. The molecule has 0 fully saturated rings. The van der Waals surface area contributed by atoms with Crippen LogP contribution in [0, 0.1) is 24.0 Å². The first-order valence-electron chi connectivity index (χ1n) is 7.55. The number of carbonyl (C=O) groups excluding carboxylic acids is 1. The minimum atomic E-state index is -0.481. The van der Waals surface area contributed by atoms with E-state index in [9.17, 15) is 14.9 Å². The predicted molar refractivity (Wildman–Crippen MR) is 92.5 cm³/mol. The molecule has 1 amide bonds. The summed E-state index contributed by atoms with van der Waals surface area (Å²) in [5, 5.41) is 17.7. The van der Waals surface area contributed by atoms with E-state index in [4.69, 9.17) is 4.52 Å². The first-order chi connectivity index (χ1) is 12.0. The van der Waals surface area contributed by atoms with Crippen LogP contribution in [0.25, 0.3) is 11.3 Å². The Balaban J connectivity index is 1.94. The molecular weight excluding hydrogens is 322 g/mol. The summed E-state index contributed by atoms with van der Waals surface area (Å²) in [6.07, 6.45) is 0. The monoisotopic (exact) mass is 337 g/mol. The Hall–Kier alpha value is -3.48. The van der Waals surface area contributed by atoms with E-state index >= 15 is 0 Å². The van der Waals surface area contributed by atoms with Gasteiger partial charge in [0, 0.05) is 22.9 Å². The molecule has 25 heavy (non-hydrogen) atoms. The van der Waals surface area contributed by atoms with Crippen molar-refractivity contribution >= 4 is 17.3 Å². The van der Waals surface area contributed by atoms with E-state index in [1.165, 1.54) is 6.07 Å². The molecule has 0 unspecified atom stereocenters. The van der Waals surface area contributed by atoms with Crippen LogP contribution in [0.15, 0.2) is 53.1 Å². The van der Waals surface area contributed by atoms with Crippen molar-refractivity contribution in [2.75, 3.05) is 5.32 Å². The lowest BCUT2D eigenvalue weighted by Crippen LogP contribution is -2.13. The molecule has 3 rings (SSSR count). The largest absolute Gasteiger partial charge is 0.360 e. The predicted octanol–water partition coefficient (Wildman–Crippen LogP) is 4.12. The second-order valence-corrected chi connectivity index (χ2v) is 5.54. The lowest BCUT2D eigenvalue weighted by molar-refractivity contribution is -0.385. The second-order valence-electron chi connectivity index (χ2n) is 5.54. The zero-order valence-corrected chi connectivity index (χ0v) is 13.6. The molecule has 0 aliphatic rings. The maximum atomic E-state index is 12.7. The zero-order chi connectivity index (χ0) is 18.0. The van der Waals surface area contributed by atoms with E-state index in [1.54, 1.807) is 26.0 Å². The summed E-state index contributed by atoms with van der Waals surface area (Å²) >= 11 is 0. The molecule has 0 radical (unpaired) electrons. The summed E-state index contributed by atoms with van der Waals surface area (Å²) < 4.78 is 5.17. The van der Waals surface area contributed by atoms with Gasteiger partial charge in [0.1, 0.15) is 17.0 Å². The van der Waals surface area contributed by atoms with Gasteiger partial charge in [0.15, 0.2) is 0 Å². The molecule has 1 heterocycles. The molecule has 1 N–H and O–H groups in total. The van der Waals surface area contributed by atoms with Crippen LogP contribution in [0.3, 0.4) is 0 Å². The van der Waals surface area contributed by atoms with Crippen LogP contribution in [-0.2, 0) is 0 Å². The molecule has 0 spiro atoms. The average molecular weight is 337 g/mol. The quantitative estimate of drug-likeness (QED) is 0.570. The minimum absolute atomic E-state index is 0.0527. The molecule has 7 nitrogen and oxygen atoms in total. The number of aryl methyl sites for hydroxylation is 2. The molecule has 7 heteroatoms. The van der Waals surface area contributed by atoms with Gasteiger partial charge in [-0.2, -0.15) is 0 Å². The highest BCUT2D eigenvalue weighted by Crippen LogP contribution is 2.27. The first-order valence-corrected chi connectivity index (χ1v) is 7.55. The Morgan fingerprint density at radius 1 is 1.16 bits per heavy atom. The van der Waals surface area contributed by atoms with Crippen molar-refractivity contribution in [3.63, 3.8) is 0 Å². The zero-order valence-electron chi connectivity index (χ0n) is 13.6. The van der Waals surface area contributed by atoms with Crippen LogP contribution >= 0.6 is 0 Å². The van der Waals surface area contributed by atoms with Gasteiger partial charge in [-0.1, -0.05) is 41.6 Å². The highest BCUT2D eigenvalue weighted by Gasteiger charge is 2.22. The number of amides is 1. The number of nitro groups is 1. The molecular formula is C18H15N3O4. The fourth-order valence-corrected chi connectivity index (χ4v) is 2.51. The summed E-state index contributed by atoms with van der Waals surface area (Å²) in [5.74, 6) is -0.0614. The molecule has 0 aliphatic heterocycles. The molecule has 0 bridgehead atoms. The number of nitro benzene ring substituents is 1. The van der Waals surface area contributed by atoms with Gasteiger partial charge in [0.2, 0.25) is 0 Å². The van der Waals surface area contributed by atoms with Crippen molar-refractivity contribution in [3.8, 4) is 11.3 Å². The Bertz CT molecular complexity index is 948. The molecule has 0 atom stereocenters. The van der Waals surface area contributed by atoms with Crippen molar-refractivity contribution in [3.05, 3.63) is 75.5 Å². The number of nitrogens with one attached hydrogen (secondary N) is 1. The minimum Gasteiger partial charge on any atom is -0.360 e. The number of hydrogen-bond donors (Lipinski definition) is 1. The lowest BCUT2D eigenvalue weighted by atomic mass is 10.1. The number of hydrogen-bond acceptors (Lipinski definition) is 5. The molecule has 2 aromatic carbocycles. The fraction of sp³-hybridized carbons (Fsp3) is 0.111. The van der Waals surface area contributed by atoms with E-state index in [0.29, 0.717) is 28.3 Å². The smallest absolute Gasteiger partial charge is 0.274 e. The van der Waals surface area contributed by atoms with Crippen LogP contribution in [0.4, 0.5) is 11.4 Å². The number of nitrogens with zero attached hydrogens (tertiary/aromatic N) is 2. The van der Waals surface area contributed by atoms with Crippen LogP contribution in [-0.4, -0.2) is 16.0 Å². The topological polar surface area (TPSA) is 98.3 Å². The van der Waals surface area contributed by atoms with Gasteiger partial charge in [0.25, 0.3) is 11.6 Å². The second kappa shape index (κ2) is 6.56. The van der Waals surface area contributed by atoms with Gasteiger partial charge in [-0.05, 0) is 19.9 Å². The van der Waals surface area contributed by atoms with Crippen LogP contribution in [0.1, 0.15) is 21.7 Å². The number of anilines is 1. The summed E-state index contributed by atoms with van der Waals surface area (Å²) in [7, 11) is 0. The molecule has 126 valence electrons. The maximum absolute atomic E-state index is 12.7. The first kappa shape index (κ1) is 16.4. The lowest BCUT2D eigenvalue weighted by Gasteiger charge is -2.07. The van der Waals surface area contributed by atoms with Gasteiger partial charge in [-0.15, -0.1) is 0 Å². The molecule has 1 aromatic heterocycles. The Morgan fingerprint density at radius 3 is 2.56 bits per heavy atom. The Morgan fingerprint density at radius 2 is 1.88 bits per heavy atom. The summed E-state index contributed by atoms with van der Waals surface area (Å²) in [6.45, 7) is 3.29. The normalized spacial score (nSPS) is 10.5. The van der Waals surface area contributed by atoms with E-state index < -0.39 is 10.8 Å². The maximum Gasteiger partial charge on any atom is 0.274 e. The molecule has 3 aromatic rings. The third kappa shape index (κ3) is 3.25. The standard InChI is InChI=1S/C18H15N3O4/c1-11-8-9-14(10-15(11)21(23)24)19-18(22)16-12(2)25-20-17(16)13-6-4-3-5-7-13/h3-10H,1-2H3,(H,19,22). The van der Waals surface area contributed by atoms with Crippen LogP contribution < -0.4 is 5.32 Å². The molecule has 0 aliphatic carbocycles. The number of benzene rings is 2. The summed E-state index contributed by atoms with van der Waals surface area (Å²) in [5.41, 5.74) is 2.28. The van der Waals surface area contributed by atoms with Gasteiger partial charge in [-0.25, -0.2) is 0 Å². The van der Waals surface area contributed by atoms with Crippen molar-refractivity contribution in [1.29, 1.82) is 0 Å². The Kier molecular flexibility index (Phi) is 4.30. The van der Waals surface area contributed by atoms with Gasteiger partial charge in [0.05, 0.1) is 4.92 Å². The SMILES string of the molecule is Cc1ccc(NC(=O)c2c(-c3ccccc3)noc2C)cc1[N+](=O)[O-]. The summed E-state index contributed by atoms with van der Waals surface area (Å²) in [6, 6.07) is 13.7. The molecule has 0 saturated heterocycles. The van der Waals surface area contributed by atoms with Crippen LogP contribution in [0.5, 0.6) is 0 Å². The van der Waals surface area contributed by atoms with E-state index in [-0.39, 0.29) is 5.69 Å². The fourth-order valence-electron chi connectivity index (χ4n) is 2.51. The van der Waals surface area contributed by atoms with E-state index in [0.717, 1.165) is 5.56 Å². The summed E-state index contributed by atoms with van der Waals surface area (Å²) in [4.78, 5) is 23.2. The van der Waals surface area contributed by atoms with Crippen molar-refractivity contribution < 1.29 is 14.2 Å². The Labute approximate surface area is 143 Å². The van der Waals surface area contributed by atoms with Crippen molar-refractivity contribution in [2.45, 2.75) is 13.8 Å². The van der Waals surface area contributed by atoms with Gasteiger partial charge in [-0.3, -0.25) is 14.9 Å². The third-order valence-corrected chi connectivity index (χ3v) is 3.80. The van der Waals surface area contributed by atoms with Crippen molar-refractivity contribution in [1.82, 2.24) is 5.16 Å².